The van der Waals surface area contributed by atoms with E-state index in [1.54, 1.807) is 6.08 Å². The van der Waals surface area contributed by atoms with Crippen molar-refractivity contribution in [3.8, 4) is 5.75 Å². The van der Waals surface area contributed by atoms with Gasteiger partial charge in [0, 0.05) is 17.8 Å². The van der Waals surface area contributed by atoms with Crippen LogP contribution in [0.2, 0.25) is 0 Å². The molecule has 1 aromatic carbocycles. The summed E-state index contributed by atoms with van der Waals surface area (Å²) in [5.41, 5.74) is 0.919. The summed E-state index contributed by atoms with van der Waals surface area (Å²) in [6.45, 7) is 8.41. The molecule has 1 rings (SSSR count). The summed E-state index contributed by atoms with van der Waals surface area (Å²) >= 11 is 5.28. The Labute approximate surface area is 121 Å². The summed E-state index contributed by atoms with van der Waals surface area (Å²) in [6, 6.07) is 8.09. The van der Waals surface area contributed by atoms with Crippen molar-refractivity contribution in [2.75, 3.05) is 11.9 Å². The zero-order chi connectivity index (χ0) is 14.1. The topological polar surface area (TPSA) is 33.3 Å². The molecular formula is C15H22N2OS. The van der Waals surface area contributed by atoms with Gasteiger partial charge < -0.3 is 15.4 Å². The minimum atomic E-state index is 0.380. The highest BCUT2D eigenvalue weighted by Crippen LogP contribution is 2.17. The van der Waals surface area contributed by atoms with Crippen LogP contribution in [0.25, 0.3) is 0 Å². The highest BCUT2D eigenvalue weighted by molar-refractivity contribution is 7.80. The number of ether oxygens (including phenoxy) is 1. The van der Waals surface area contributed by atoms with Crippen molar-refractivity contribution in [3.05, 3.63) is 36.9 Å². The molecule has 3 nitrogen and oxygen atoms in total. The molecule has 0 fully saturated rings. The van der Waals surface area contributed by atoms with Crippen LogP contribution in [0, 0.1) is 0 Å². The molecule has 0 spiro atoms. The van der Waals surface area contributed by atoms with E-state index < -0.39 is 0 Å². The van der Waals surface area contributed by atoms with E-state index in [9.17, 15) is 0 Å². The lowest BCUT2D eigenvalue weighted by Gasteiger charge is -2.16. The lowest BCUT2D eigenvalue weighted by atomic mass is 10.2. The fourth-order valence-corrected chi connectivity index (χ4v) is 2.03. The summed E-state index contributed by atoms with van der Waals surface area (Å²) in [6.07, 6.45) is 3.96. The molecule has 0 heterocycles. The van der Waals surface area contributed by atoms with E-state index in [-0.39, 0.29) is 0 Å². The molecule has 1 aromatic rings. The molecule has 0 amide bonds. The fourth-order valence-electron chi connectivity index (χ4n) is 1.71. The Hall–Kier alpha value is -1.55. The van der Waals surface area contributed by atoms with Gasteiger partial charge in [-0.15, -0.1) is 0 Å². The quantitative estimate of drug-likeness (QED) is 0.588. The maximum absolute atomic E-state index is 5.48. The van der Waals surface area contributed by atoms with Gasteiger partial charge in [0.2, 0.25) is 0 Å². The second-order valence-electron chi connectivity index (χ2n) is 4.42. The van der Waals surface area contributed by atoms with Crippen LogP contribution in [0.4, 0.5) is 5.69 Å². The number of hydrogen-bond donors (Lipinski definition) is 2. The van der Waals surface area contributed by atoms with Crippen molar-refractivity contribution >= 4 is 23.0 Å². The van der Waals surface area contributed by atoms with Gasteiger partial charge in [0.05, 0.1) is 0 Å². The molecule has 1 atom stereocenters. The van der Waals surface area contributed by atoms with E-state index in [4.69, 9.17) is 17.0 Å². The summed E-state index contributed by atoms with van der Waals surface area (Å²) in [4.78, 5) is 0. The third-order valence-corrected chi connectivity index (χ3v) is 2.78. The Bertz CT molecular complexity index is 420. The Morgan fingerprint density at radius 3 is 3.00 bits per heavy atom. The molecule has 0 aromatic heterocycles. The Morgan fingerprint density at radius 2 is 2.32 bits per heavy atom. The maximum Gasteiger partial charge on any atom is 0.170 e. The van der Waals surface area contributed by atoms with E-state index in [1.165, 1.54) is 0 Å². The van der Waals surface area contributed by atoms with Crippen LogP contribution in [0.15, 0.2) is 36.9 Å². The highest BCUT2D eigenvalue weighted by Gasteiger charge is 2.03. The lowest BCUT2D eigenvalue weighted by molar-refractivity contribution is 0.363. The second-order valence-corrected chi connectivity index (χ2v) is 4.82. The lowest BCUT2D eigenvalue weighted by Crippen LogP contribution is -2.35. The number of anilines is 1. The first-order valence-corrected chi connectivity index (χ1v) is 6.97. The van der Waals surface area contributed by atoms with Crippen LogP contribution in [-0.2, 0) is 0 Å². The van der Waals surface area contributed by atoms with Gasteiger partial charge in [-0.1, -0.05) is 32.1 Å². The molecule has 0 saturated carbocycles. The minimum absolute atomic E-state index is 0.380. The normalized spacial score (nSPS) is 11.5. The molecule has 0 aliphatic carbocycles. The Kier molecular flexibility index (Phi) is 6.97. The first-order valence-electron chi connectivity index (χ1n) is 6.57. The maximum atomic E-state index is 5.48. The summed E-state index contributed by atoms with van der Waals surface area (Å²) in [5.74, 6) is 0.800. The predicted octanol–water partition coefficient (Wildman–Crippen LogP) is 3.73. The van der Waals surface area contributed by atoms with Crippen molar-refractivity contribution < 1.29 is 4.74 Å². The molecule has 4 heteroatoms. The van der Waals surface area contributed by atoms with Crippen LogP contribution in [-0.4, -0.2) is 17.8 Å². The number of benzene rings is 1. The number of thiocarbonyl (C=S) groups is 1. The molecular weight excluding hydrogens is 256 g/mol. The van der Waals surface area contributed by atoms with Gasteiger partial charge in [-0.05, 0) is 37.7 Å². The number of rotatable bonds is 7. The van der Waals surface area contributed by atoms with E-state index in [0.29, 0.717) is 17.8 Å². The van der Waals surface area contributed by atoms with Crippen molar-refractivity contribution in [2.24, 2.45) is 0 Å². The van der Waals surface area contributed by atoms with Gasteiger partial charge in [-0.3, -0.25) is 0 Å². The molecule has 0 aliphatic rings. The first kappa shape index (κ1) is 15.5. The number of hydrogen-bond acceptors (Lipinski definition) is 2. The second kappa shape index (κ2) is 8.53. The highest BCUT2D eigenvalue weighted by atomic mass is 32.1. The van der Waals surface area contributed by atoms with Gasteiger partial charge in [-0.2, -0.15) is 0 Å². The zero-order valence-electron chi connectivity index (χ0n) is 11.6. The molecule has 104 valence electrons. The van der Waals surface area contributed by atoms with Crippen LogP contribution < -0.4 is 15.4 Å². The fraction of sp³-hybridized carbons (Fsp3) is 0.400. The largest absolute Gasteiger partial charge is 0.489 e. The van der Waals surface area contributed by atoms with Gasteiger partial charge >= 0.3 is 0 Å². The summed E-state index contributed by atoms with van der Waals surface area (Å²) < 4.78 is 5.48. The summed E-state index contributed by atoms with van der Waals surface area (Å²) in [7, 11) is 0. The molecule has 0 saturated heterocycles. The minimum Gasteiger partial charge on any atom is -0.489 e. The number of nitrogens with one attached hydrogen (secondary N) is 2. The van der Waals surface area contributed by atoms with Crippen molar-refractivity contribution in [3.63, 3.8) is 0 Å². The van der Waals surface area contributed by atoms with Crippen LogP contribution in [0.5, 0.6) is 5.75 Å². The molecule has 19 heavy (non-hydrogen) atoms. The molecule has 0 radical (unpaired) electrons. The van der Waals surface area contributed by atoms with Gasteiger partial charge in [-0.25, -0.2) is 0 Å². The molecule has 0 bridgehead atoms. The monoisotopic (exact) mass is 278 g/mol. The van der Waals surface area contributed by atoms with E-state index in [0.717, 1.165) is 24.3 Å². The van der Waals surface area contributed by atoms with Crippen LogP contribution >= 0.6 is 12.2 Å². The average Bonchev–Trinajstić information content (AvgIpc) is 2.36. The third kappa shape index (κ3) is 6.25. The zero-order valence-corrected chi connectivity index (χ0v) is 12.4. The van der Waals surface area contributed by atoms with Gasteiger partial charge in [0.15, 0.2) is 5.11 Å². The van der Waals surface area contributed by atoms with E-state index in [1.807, 2.05) is 24.3 Å². The van der Waals surface area contributed by atoms with Crippen molar-refractivity contribution in [1.82, 2.24) is 5.32 Å². The third-order valence-electron chi connectivity index (χ3n) is 2.56. The van der Waals surface area contributed by atoms with Crippen molar-refractivity contribution in [1.29, 1.82) is 0 Å². The van der Waals surface area contributed by atoms with Gasteiger partial charge in [0.25, 0.3) is 0 Å². The van der Waals surface area contributed by atoms with Crippen molar-refractivity contribution in [2.45, 2.75) is 32.7 Å². The van der Waals surface area contributed by atoms with Gasteiger partial charge in [0.1, 0.15) is 12.4 Å². The van der Waals surface area contributed by atoms with E-state index >= 15 is 0 Å². The Morgan fingerprint density at radius 1 is 1.53 bits per heavy atom. The molecule has 2 N–H and O–H groups in total. The SMILES string of the molecule is C=CCOc1cccc(NC(=S)NC(C)CCC)c1. The summed E-state index contributed by atoms with van der Waals surface area (Å²) in [5, 5.41) is 7.06. The first-order chi connectivity index (χ1) is 9.15. The van der Waals surface area contributed by atoms with Crippen LogP contribution in [0.3, 0.4) is 0 Å². The predicted molar refractivity (Wildman–Crippen MR) is 85.9 cm³/mol. The standard InChI is InChI=1S/C15H22N2OS/c1-4-7-12(3)16-15(19)17-13-8-6-9-14(11-13)18-10-5-2/h5-6,8-9,11-12H,2,4,7,10H2,1,3H3,(H2,16,17,19). The van der Waals surface area contributed by atoms with Crippen LogP contribution in [0.1, 0.15) is 26.7 Å². The molecule has 0 aliphatic heterocycles. The Balaban J connectivity index is 2.51. The molecule has 1 unspecified atom stereocenters. The average molecular weight is 278 g/mol. The smallest absolute Gasteiger partial charge is 0.170 e. The van der Waals surface area contributed by atoms with E-state index in [2.05, 4.69) is 31.1 Å².